The van der Waals surface area contributed by atoms with Gasteiger partial charge in [-0.2, -0.15) is 0 Å². The number of hydrogen-bond acceptors (Lipinski definition) is 4. The average molecular weight is 279 g/mol. The molecule has 0 saturated carbocycles. The van der Waals surface area contributed by atoms with Gasteiger partial charge in [0.1, 0.15) is 10.8 Å². The molecular weight excluding hydrogens is 265 g/mol. The maximum atomic E-state index is 12.8. The van der Waals surface area contributed by atoms with Crippen molar-refractivity contribution >= 4 is 22.4 Å². The van der Waals surface area contributed by atoms with Crippen molar-refractivity contribution in [2.45, 2.75) is 26.2 Å². The van der Waals surface area contributed by atoms with Gasteiger partial charge in [0.2, 0.25) is 11.0 Å². The molecule has 1 heterocycles. The highest BCUT2D eigenvalue weighted by molar-refractivity contribution is 7.15. The number of rotatable bonds is 5. The van der Waals surface area contributed by atoms with Gasteiger partial charge in [0, 0.05) is 12.8 Å². The van der Waals surface area contributed by atoms with Crippen molar-refractivity contribution in [2.75, 3.05) is 5.32 Å². The normalized spacial score (nSPS) is 10.4. The van der Waals surface area contributed by atoms with Gasteiger partial charge in [-0.25, -0.2) is 4.39 Å². The minimum atomic E-state index is -0.256. The Balaban J connectivity index is 1.97. The molecule has 0 aliphatic heterocycles. The predicted octanol–water partition coefficient (Wildman–Crippen LogP) is 3.01. The number of aromatic nitrogens is 2. The van der Waals surface area contributed by atoms with Crippen LogP contribution in [0.2, 0.25) is 0 Å². The molecule has 0 atom stereocenters. The molecule has 1 aromatic heterocycles. The van der Waals surface area contributed by atoms with Gasteiger partial charge in [0.15, 0.2) is 0 Å². The molecule has 1 N–H and O–H groups in total. The molecule has 19 heavy (non-hydrogen) atoms. The summed E-state index contributed by atoms with van der Waals surface area (Å²) in [6.45, 7) is 1.94. The van der Waals surface area contributed by atoms with Crippen LogP contribution in [0.1, 0.15) is 30.3 Å². The number of anilines is 1. The average Bonchev–Trinajstić information content (AvgIpc) is 2.80. The van der Waals surface area contributed by atoms with Crippen molar-refractivity contribution in [1.29, 1.82) is 0 Å². The molecule has 0 radical (unpaired) electrons. The van der Waals surface area contributed by atoms with Crippen molar-refractivity contribution in [3.8, 4) is 0 Å². The Morgan fingerprint density at radius 3 is 2.74 bits per heavy atom. The Morgan fingerprint density at radius 1 is 1.32 bits per heavy atom. The summed E-state index contributed by atoms with van der Waals surface area (Å²) in [5.41, 5.74) is 0.962. The predicted molar refractivity (Wildman–Crippen MR) is 72.7 cm³/mol. The first-order valence-electron chi connectivity index (χ1n) is 6.04. The van der Waals surface area contributed by atoms with Crippen LogP contribution < -0.4 is 5.32 Å². The lowest BCUT2D eigenvalue weighted by atomic mass is 10.2. The molecule has 1 aromatic carbocycles. The van der Waals surface area contributed by atoms with Crippen LogP contribution in [0.4, 0.5) is 9.52 Å². The van der Waals surface area contributed by atoms with E-state index < -0.39 is 0 Å². The first-order valence-corrected chi connectivity index (χ1v) is 6.85. The van der Waals surface area contributed by atoms with E-state index in [9.17, 15) is 9.18 Å². The van der Waals surface area contributed by atoms with E-state index in [1.54, 1.807) is 12.1 Å². The van der Waals surface area contributed by atoms with Crippen molar-refractivity contribution in [2.24, 2.45) is 0 Å². The molecule has 1 amide bonds. The zero-order valence-corrected chi connectivity index (χ0v) is 11.3. The molecule has 0 unspecified atom stereocenters. The molecular formula is C13H14FN3OS. The third-order valence-electron chi connectivity index (χ3n) is 2.46. The van der Waals surface area contributed by atoms with Crippen LogP contribution in [0, 0.1) is 5.82 Å². The second-order valence-electron chi connectivity index (χ2n) is 4.10. The van der Waals surface area contributed by atoms with Crippen LogP contribution in [0.5, 0.6) is 0 Å². The Kier molecular flexibility index (Phi) is 4.57. The quantitative estimate of drug-likeness (QED) is 0.915. The Hall–Kier alpha value is -1.82. The second kappa shape index (κ2) is 6.38. The van der Waals surface area contributed by atoms with Crippen molar-refractivity contribution < 1.29 is 9.18 Å². The monoisotopic (exact) mass is 279 g/mol. The zero-order valence-electron chi connectivity index (χ0n) is 10.5. The number of hydrogen-bond donors (Lipinski definition) is 1. The van der Waals surface area contributed by atoms with E-state index in [0.29, 0.717) is 18.0 Å². The van der Waals surface area contributed by atoms with Crippen LogP contribution in [0.3, 0.4) is 0 Å². The lowest BCUT2D eigenvalue weighted by Gasteiger charge is -1.97. The van der Waals surface area contributed by atoms with Gasteiger partial charge in [-0.3, -0.25) is 4.79 Å². The highest BCUT2D eigenvalue weighted by Gasteiger charge is 2.08. The van der Waals surface area contributed by atoms with E-state index in [1.807, 2.05) is 6.92 Å². The fourth-order valence-electron chi connectivity index (χ4n) is 1.56. The van der Waals surface area contributed by atoms with E-state index in [0.717, 1.165) is 17.0 Å². The summed E-state index contributed by atoms with van der Waals surface area (Å²) in [6, 6.07) is 6.26. The summed E-state index contributed by atoms with van der Waals surface area (Å²) in [6.07, 6.45) is 1.86. The number of carbonyl (C=O) groups is 1. The van der Waals surface area contributed by atoms with Gasteiger partial charge in [-0.15, -0.1) is 10.2 Å². The summed E-state index contributed by atoms with van der Waals surface area (Å²) in [5, 5.41) is 11.9. The van der Waals surface area contributed by atoms with Gasteiger partial charge in [0.25, 0.3) is 0 Å². The molecule has 2 aromatic rings. The maximum absolute atomic E-state index is 12.8. The van der Waals surface area contributed by atoms with Crippen LogP contribution in [0.25, 0.3) is 0 Å². The zero-order chi connectivity index (χ0) is 13.7. The number of carbonyl (C=O) groups excluding carboxylic acids is 1. The highest BCUT2D eigenvalue weighted by Crippen LogP contribution is 2.19. The summed E-state index contributed by atoms with van der Waals surface area (Å²) >= 11 is 1.34. The SMILES string of the molecule is CCCC(=O)Nc1nnc(Cc2ccc(F)cc2)s1. The van der Waals surface area contributed by atoms with Crippen molar-refractivity contribution in [1.82, 2.24) is 10.2 Å². The number of nitrogens with zero attached hydrogens (tertiary/aromatic N) is 2. The first-order chi connectivity index (χ1) is 9.17. The molecule has 0 spiro atoms. The minimum absolute atomic E-state index is 0.0491. The molecule has 100 valence electrons. The Labute approximate surface area is 114 Å². The minimum Gasteiger partial charge on any atom is -0.301 e. The fraction of sp³-hybridized carbons (Fsp3) is 0.308. The van der Waals surface area contributed by atoms with Gasteiger partial charge >= 0.3 is 0 Å². The summed E-state index contributed by atoms with van der Waals surface area (Å²) < 4.78 is 12.8. The molecule has 0 saturated heterocycles. The molecule has 0 aliphatic rings. The largest absolute Gasteiger partial charge is 0.301 e. The highest BCUT2D eigenvalue weighted by atomic mass is 32.1. The van der Waals surface area contributed by atoms with E-state index >= 15 is 0 Å². The number of amides is 1. The van der Waals surface area contributed by atoms with E-state index in [-0.39, 0.29) is 11.7 Å². The Bertz CT molecular complexity index is 553. The van der Waals surface area contributed by atoms with Crippen LogP contribution in [-0.4, -0.2) is 16.1 Å². The third-order valence-corrected chi connectivity index (χ3v) is 3.30. The molecule has 2 rings (SSSR count). The topological polar surface area (TPSA) is 54.9 Å². The van der Waals surface area contributed by atoms with E-state index in [4.69, 9.17) is 0 Å². The molecule has 0 bridgehead atoms. The maximum Gasteiger partial charge on any atom is 0.226 e. The smallest absolute Gasteiger partial charge is 0.226 e. The van der Waals surface area contributed by atoms with Crippen LogP contribution >= 0.6 is 11.3 Å². The molecule has 6 heteroatoms. The number of halogens is 1. The van der Waals surface area contributed by atoms with Crippen LogP contribution in [0.15, 0.2) is 24.3 Å². The van der Waals surface area contributed by atoms with Crippen molar-refractivity contribution in [3.63, 3.8) is 0 Å². The number of nitrogens with one attached hydrogen (secondary N) is 1. The molecule has 4 nitrogen and oxygen atoms in total. The molecule has 0 aliphatic carbocycles. The standard InChI is InChI=1S/C13H14FN3OS/c1-2-3-11(18)15-13-17-16-12(19-13)8-9-4-6-10(14)7-5-9/h4-7H,2-3,8H2,1H3,(H,15,17,18). The summed E-state index contributed by atoms with van der Waals surface area (Å²) in [5.74, 6) is -0.305. The third kappa shape index (κ3) is 4.10. The van der Waals surface area contributed by atoms with Gasteiger partial charge in [0.05, 0.1) is 0 Å². The van der Waals surface area contributed by atoms with Gasteiger partial charge in [-0.05, 0) is 24.1 Å². The summed E-state index contributed by atoms with van der Waals surface area (Å²) in [4.78, 5) is 11.4. The van der Waals surface area contributed by atoms with E-state index in [2.05, 4.69) is 15.5 Å². The van der Waals surface area contributed by atoms with Gasteiger partial charge in [-0.1, -0.05) is 30.4 Å². The van der Waals surface area contributed by atoms with Crippen LogP contribution in [-0.2, 0) is 11.2 Å². The lowest BCUT2D eigenvalue weighted by molar-refractivity contribution is -0.116. The fourth-order valence-corrected chi connectivity index (χ4v) is 2.35. The van der Waals surface area contributed by atoms with E-state index in [1.165, 1.54) is 23.5 Å². The van der Waals surface area contributed by atoms with Crippen molar-refractivity contribution in [3.05, 3.63) is 40.7 Å². The second-order valence-corrected chi connectivity index (χ2v) is 5.16. The lowest BCUT2D eigenvalue weighted by Crippen LogP contribution is -2.10. The first kappa shape index (κ1) is 13.6. The Morgan fingerprint density at radius 2 is 2.05 bits per heavy atom. The van der Waals surface area contributed by atoms with Gasteiger partial charge < -0.3 is 5.32 Å². The number of benzene rings is 1. The summed E-state index contributed by atoms with van der Waals surface area (Å²) in [7, 11) is 0. The molecule has 0 fully saturated rings.